The van der Waals surface area contributed by atoms with Gasteiger partial charge < -0.3 is 4.74 Å². The van der Waals surface area contributed by atoms with E-state index in [1.165, 1.54) is 6.07 Å². The molecule has 0 aliphatic carbocycles. The van der Waals surface area contributed by atoms with Crippen LogP contribution in [0.2, 0.25) is 10.0 Å². The summed E-state index contributed by atoms with van der Waals surface area (Å²) >= 11 is 11.5. The van der Waals surface area contributed by atoms with E-state index in [0.717, 1.165) is 6.07 Å². The minimum Gasteiger partial charge on any atom is -0.449 e. The number of halogens is 3. The molecular weight excluding hydrogens is 282 g/mol. The van der Waals surface area contributed by atoms with Crippen LogP contribution in [0, 0.1) is 5.82 Å². The summed E-state index contributed by atoms with van der Waals surface area (Å²) in [5.41, 5.74) is 2.84. The normalized spacial score (nSPS) is 11.3. The fourth-order valence-electron chi connectivity index (χ4n) is 1.15. The molecule has 0 atom stereocenters. The van der Waals surface area contributed by atoms with Crippen LogP contribution in [0.25, 0.3) is 0 Å². The average Bonchev–Trinajstić information content (AvgIpc) is 2.31. The molecule has 4 nitrogen and oxygen atoms in total. The Labute approximate surface area is 114 Å². The first-order valence-electron chi connectivity index (χ1n) is 5.07. The van der Waals surface area contributed by atoms with Crippen molar-refractivity contribution < 1.29 is 13.9 Å². The van der Waals surface area contributed by atoms with Crippen molar-refractivity contribution in [2.45, 2.75) is 13.8 Å². The van der Waals surface area contributed by atoms with Gasteiger partial charge in [-0.25, -0.2) is 14.6 Å². The highest BCUT2D eigenvalue weighted by Gasteiger charge is 2.10. The number of rotatable bonds is 3. The predicted octanol–water partition coefficient (Wildman–Crippen LogP) is 3.60. The zero-order valence-corrected chi connectivity index (χ0v) is 11.3. The van der Waals surface area contributed by atoms with Crippen molar-refractivity contribution in [3.63, 3.8) is 0 Å². The SMILES string of the molecule is CCOC(=O)N/N=C(/C)c1cc(F)c(Cl)cc1Cl. The van der Waals surface area contributed by atoms with E-state index < -0.39 is 11.9 Å². The summed E-state index contributed by atoms with van der Waals surface area (Å²) in [6.07, 6.45) is -0.692. The monoisotopic (exact) mass is 292 g/mol. The Morgan fingerprint density at radius 1 is 1.44 bits per heavy atom. The van der Waals surface area contributed by atoms with Gasteiger partial charge >= 0.3 is 6.09 Å². The summed E-state index contributed by atoms with van der Waals surface area (Å²) in [7, 11) is 0. The standard InChI is InChI=1S/C11H11Cl2FN2O2/c1-3-18-11(17)16-15-6(2)7-4-10(14)9(13)5-8(7)12/h4-5H,3H2,1-2H3,(H,16,17)/b15-6-. The maximum absolute atomic E-state index is 13.3. The van der Waals surface area contributed by atoms with E-state index >= 15 is 0 Å². The van der Waals surface area contributed by atoms with Gasteiger partial charge in [-0.3, -0.25) is 0 Å². The Morgan fingerprint density at radius 3 is 2.72 bits per heavy atom. The number of benzene rings is 1. The number of carbonyl (C=O) groups excluding carboxylic acids is 1. The highest BCUT2D eigenvalue weighted by atomic mass is 35.5. The first-order chi connectivity index (χ1) is 8.45. The molecule has 0 fully saturated rings. The van der Waals surface area contributed by atoms with E-state index in [1.54, 1.807) is 13.8 Å². The molecule has 0 bridgehead atoms. The third kappa shape index (κ3) is 3.85. The highest BCUT2D eigenvalue weighted by Crippen LogP contribution is 2.24. The minimum atomic E-state index is -0.692. The molecule has 1 rings (SSSR count). The maximum Gasteiger partial charge on any atom is 0.427 e. The molecule has 18 heavy (non-hydrogen) atoms. The number of carbonyl (C=O) groups is 1. The van der Waals surface area contributed by atoms with Gasteiger partial charge in [-0.2, -0.15) is 5.10 Å². The summed E-state index contributed by atoms with van der Waals surface area (Å²) in [6, 6.07) is 2.42. The molecular formula is C11H11Cl2FN2O2. The summed E-state index contributed by atoms with van der Waals surface area (Å²) in [4.78, 5) is 11.0. The van der Waals surface area contributed by atoms with Gasteiger partial charge in [-0.05, 0) is 26.0 Å². The predicted molar refractivity (Wildman–Crippen MR) is 68.8 cm³/mol. The van der Waals surface area contributed by atoms with Crippen LogP contribution >= 0.6 is 23.2 Å². The van der Waals surface area contributed by atoms with Crippen LogP contribution in [0.4, 0.5) is 9.18 Å². The van der Waals surface area contributed by atoms with E-state index in [0.29, 0.717) is 11.3 Å². The van der Waals surface area contributed by atoms with Gasteiger partial charge in [0.05, 0.1) is 22.4 Å². The van der Waals surface area contributed by atoms with Crippen molar-refractivity contribution in [2.75, 3.05) is 6.61 Å². The third-order valence-corrected chi connectivity index (χ3v) is 2.59. The quantitative estimate of drug-likeness (QED) is 0.526. The maximum atomic E-state index is 13.3. The molecule has 0 radical (unpaired) electrons. The van der Waals surface area contributed by atoms with Crippen LogP contribution in [0.1, 0.15) is 19.4 Å². The summed E-state index contributed by atoms with van der Waals surface area (Å²) in [6.45, 7) is 3.47. The van der Waals surface area contributed by atoms with E-state index in [2.05, 4.69) is 15.3 Å². The van der Waals surface area contributed by atoms with Gasteiger partial charge in [0, 0.05) is 5.56 Å². The van der Waals surface area contributed by atoms with Gasteiger partial charge in [0.15, 0.2) is 0 Å². The topological polar surface area (TPSA) is 50.7 Å². The Morgan fingerprint density at radius 2 is 2.11 bits per heavy atom. The molecule has 0 spiro atoms. The zero-order valence-electron chi connectivity index (χ0n) is 9.76. The number of nitrogens with zero attached hydrogens (tertiary/aromatic N) is 1. The number of ether oxygens (including phenoxy) is 1. The molecule has 0 aliphatic rings. The lowest BCUT2D eigenvalue weighted by Gasteiger charge is -2.06. The second kappa shape index (κ2) is 6.56. The van der Waals surface area contributed by atoms with Gasteiger partial charge in [0.1, 0.15) is 5.82 Å². The van der Waals surface area contributed by atoms with Crippen molar-refractivity contribution in [3.8, 4) is 0 Å². The molecule has 1 aromatic carbocycles. The van der Waals surface area contributed by atoms with Crippen molar-refractivity contribution in [1.82, 2.24) is 5.43 Å². The van der Waals surface area contributed by atoms with Crippen LogP contribution < -0.4 is 5.43 Å². The van der Waals surface area contributed by atoms with Gasteiger partial charge in [0.2, 0.25) is 0 Å². The Bertz CT molecular complexity index is 492. The molecule has 0 heterocycles. The van der Waals surface area contributed by atoms with Gasteiger partial charge in [-0.15, -0.1) is 0 Å². The van der Waals surface area contributed by atoms with Crippen LogP contribution in [0.15, 0.2) is 17.2 Å². The Hall–Kier alpha value is -1.33. The molecule has 0 saturated carbocycles. The Kier molecular flexibility index (Phi) is 5.37. The van der Waals surface area contributed by atoms with Crippen LogP contribution in [0.3, 0.4) is 0 Å². The number of hydrazone groups is 1. The zero-order chi connectivity index (χ0) is 13.7. The number of hydrogen-bond acceptors (Lipinski definition) is 3. The van der Waals surface area contributed by atoms with Crippen molar-refractivity contribution in [3.05, 3.63) is 33.6 Å². The molecule has 0 aromatic heterocycles. The van der Waals surface area contributed by atoms with Crippen LogP contribution in [0.5, 0.6) is 0 Å². The fraction of sp³-hybridized carbons (Fsp3) is 0.273. The summed E-state index contributed by atoms with van der Waals surface area (Å²) < 4.78 is 17.9. The lowest BCUT2D eigenvalue weighted by Crippen LogP contribution is -2.20. The molecule has 1 amide bonds. The second-order valence-corrected chi connectivity index (χ2v) is 4.09. The van der Waals surface area contributed by atoms with E-state index in [-0.39, 0.29) is 16.7 Å². The average molecular weight is 293 g/mol. The minimum absolute atomic E-state index is 0.0742. The van der Waals surface area contributed by atoms with Gasteiger partial charge in [-0.1, -0.05) is 23.2 Å². The largest absolute Gasteiger partial charge is 0.449 e. The van der Waals surface area contributed by atoms with E-state index in [9.17, 15) is 9.18 Å². The number of hydrogen-bond donors (Lipinski definition) is 1. The fourth-order valence-corrected chi connectivity index (χ4v) is 1.67. The van der Waals surface area contributed by atoms with Crippen molar-refractivity contribution in [1.29, 1.82) is 0 Å². The van der Waals surface area contributed by atoms with E-state index in [4.69, 9.17) is 23.2 Å². The first-order valence-corrected chi connectivity index (χ1v) is 5.83. The third-order valence-electron chi connectivity index (χ3n) is 1.99. The lowest BCUT2D eigenvalue weighted by molar-refractivity contribution is 0.152. The first kappa shape index (κ1) is 14.7. The van der Waals surface area contributed by atoms with Crippen LogP contribution in [-0.4, -0.2) is 18.4 Å². The summed E-state index contributed by atoms with van der Waals surface area (Å²) in [5, 5.41) is 3.91. The molecule has 0 unspecified atom stereocenters. The second-order valence-electron chi connectivity index (χ2n) is 3.28. The van der Waals surface area contributed by atoms with Crippen LogP contribution in [-0.2, 0) is 4.74 Å². The smallest absolute Gasteiger partial charge is 0.427 e. The highest BCUT2D eigenvalue weighted by molar-refractivity contribution is 6.37. The Balaban J connectivity index is 2.90. The van der Waals surface area contributed by atoms with Crippen molar-refractivity contribution in [2.24, 2.45) is 5.10 Å². The summed E-state index contributed by atoms with van der Waals surface area (Å²) in [5.74, 6) is -0.609. The molecule has 98 valence electrons. The lowest BCUT2D eigenvalue weighted by atomic mass is 10.1. The van der Waals surface area contributed by atoms with E-state index in [1.807, 2.05) is 0 Å². The molecule has 7 heteroatoms. The number of amides is 1. The molecule has 0 aliphatic heterocycles. The van der Waals surface area contributed by atoms with Gasteiger partial charge in [0.25, 0.3) is 0 Å². The molecule has 1 aromatic rings. The number of nitrogens with one attached hydrogen (secondary N) is 1. The molecule has 1 N–H and O–H groups in total. The van der Waals surface area contributed by atoms with Crippen molar-refractivity contribution >= 4 is 35.0 Å². The molecule has 0 saturated heterocycles.